The van der Waals surface area contributed by atoms with Crippen LogP contribution in [-0.4, -0.2) is 67.2 Å². The van der Waals surface area contributed by atoms with Crippen LogP contribution in [-0.2, 0) is 10.0 Å². The predicted octanol–water partition coefficient (Wildman–Crippen LogP) is 2.07. The molecule has 1 saturated heterocycles. The largest absolute Gasteiger partial charge is 0.283 e. The minimum Gasteiger partial charge on any atom is -0.283 e. The van der Waals surface area contributed by atoms with E-state index in [4.69, 9.17) is 0 Å². The third kappa shape index (κ3) is 3.36. The number of hydrogen-bond acceptors (Lipinski definition) is 6. The molecule has 1 aromatic carbocycles. The number of nitrogens with zero attached hydrogens (tertiary/aromatic N) is 3. The van der Waals surface area contributed by atoms with Gasteiger partial charge in [0.1, 0.15) is 4.21 Å². The lowest BCUT2D eigenvalue weighted by Gasteiger charge is -2.35. The highest BCUT2D eigenvalue weighted by molar-refractivity contribution is 9.11. The van der Waals surface area contributed by atoms with Crippen LogP contribution in [0.25, 0.3) is 0 Å². The Labute approximate surface area is 169 Å². The van der Waals surface area contributed by atoms with Gasteiger partial charge in [-0.1, -0.05) is 12.1 Å². The summed E-state index contributed by atoms with van der Waals surface area (Å²) in [5.74, 6) is -0.594. The number of thiophene rings is 1. The third-order valence-electron chi connectivity index (χ3n) is 4.69. The van der Waals surface area contributed by atoms with Gasteiger partial charge in [-0.3, -0.25) is 19.4 Å². The molecule has 2 aliphatic rings. The van der Waals surface area contributed by atoms with Crippen LogP contribution >= 0.6 is 27.3 Å². The topological polar surface area (TPSA) is 78.0 Å². The van der Waals surface area contributed by atoms with Crippen LogP contribution in [0.4, 0.5) is 0 Å². The molecule has 2 aliphatic heterocycles. The average molecular weight is 470 g/mol. The van der Waals surface area contributed by atoms with Crippen LogP contribution in [0, 0.1) is 0 Å². The summed E-state index contributed by atoms with van der Waals surface area (Å²) < 4.78 is 27.9. The predicted molar refractivity (Wildman–Crippen MR) is 104 cm³/mol. The molecule has 10 heteroatoms. The van der Waals surface area contributed by atoms with Gasteiger partial charge in [0.05, 0.1) is 21.6 Å². The van der Waals surface area contributed by atoms with Gasteiger partial charge in [0.15, 0.2) is 0 Å². The summed E-state index contributed by atoms with van der Waals surface area (Å²) in [7, 11) is -3.51. The first-order valence-corrected chi connectivity index (χ1v) is 11.4. The Kier molecular flexibility index (Phi) is 4.93. The van der Waals surface area contributed by atoms with Gasteiger partial charge in [0.25, 0.3) is 21.8 Å². The van der Waals surface area contributed by atoms with Crippen molar-refractivity contribution in [2.45, 2.75) is 4.21 Å². The van der Waals surface area contributed by atoms with Crippen molar-refractivity contribution in [2.24, 2.45) is 0 Å². The van der Waals surface area contributed by atoms with Gasteiger partial charge >= 0.3 is 0 Å². The molecule has 2 amide bonds. The Bertz CT molecular complexity index is 978. The second-order valence-corrected chi connectivity index (χ2v) is 10.9. The monoisotopic (exact) mass is 469 g/mol. The Balaban J connectivity index is 1.41. The molecular formula is C17H16BrN3O4S2. The van der Waals surface area contributed by atoms with Crippen LogP contribution in [0.2, 0.25) is 0 Å². The highest BCUT2D eigenvalue weighted by atomic mass is 79.9. The maximum atomic E-state index is 12.7. The zero-order valence-electron chi connectivity index (χ0n) is 14.2. The van der Waals surface area contributed by atoms with Crippen molar-refractivity contribution in [3.8, 4) is 0 Å². The zero-order valence-corrected chi connectivity index (χ0v) is 17.4. The lowest BCUT2D eigenvalue weighted by Crippen LogP contribution is -2.52. The first kappa shape index (κ1) is 18.8. The molecular weight excluding hydrogens is 454 g/mol. The maximum absolute atomic E-state index is 12.7. The average Bonchev–Trinajstić information content (AvgIpc) is 3.21. The molecule has 142 valence electrons. The molecule has 0 saturated carbocycles. The van der Waals surface area contributed by atoms with Crippen LogP contribution in [0.1, 0.15) is 20.7 Å². The molecule has 0 aliphatic carbocycles. The van der Waals surface area contributed by atoms with Gasteiger partial charge in [-0.15, -0.1) is 11.3 Å². The standard InChI is InChI=1S/C17H16BrN3O4S2/c18-14-5-6-15(26-14)27(24,25)20-9-7-19(8-10-20)11-21-16(22)12-3-1-2-4-13(12)17(21)23/h1-6H,7-11H2. The zero-order chi connectivity index (χ0) is 19.2. The minimum atomic E-state index is -3.51. The summed E-state index contributed by atoms with van der Waals surface area (Å²) in [6.45, 7) is 1.73. The van der Waals surface area contributed by atoms with E-state index >= 15 is 0 Å². The van der Waals surface area contributed by atoms with Crippen molar-refractivity contribution < 1.29 is 18.0 Å². The van der Waals surface area contributed by atoms with Crippen LogP contribution in [0.15, 0.2) is 44.4 Å². The fourth-order valence-corrected chi connectivity index (χ4v) is 6.83. The van der Waals surface area contributed by atoms with Gasteiger partial charge < -0.3 is 0 Å². The van der Waals surface area contributed by atoms with Gasteiger partial charge in [-0.2, -0.15) is 4.31 Å². The van der Waals surface area contributed by atoms with Crippen LogP contribution in [0.5, 0.6) is 0 Å². The SMILES string of the molecule is O=C1c2ccccc2C(=O)N1CN1CCN(S(=O)(=O)c2ccc(Br)s2)CC1. The third-order valence-corrected chi connectivity index (χ3v) is 8.68. The molecule has 1 fully saturated rings. The molecule has 0 radical (unpaired) electrons. The quantitative estimate of drug-likeness (QED) is 0.640. The smallest absolute Gasteiger partial charge is 0.262 e. The summed E-state index contributed by atoms with van der Waals surface area (Å²) in [6.07, 6.45) is 0. The summed E-state index contributed by atoms with van der Waals surface area (Å²) in [6, 6.07) is 10.1. The second kappa shape index (κ2) is 7.10. The summed E-state index contributed by atoms with van der Waals surface area (Å²) >= 11 is 4.47. The molecule has 0 spiro atoms. The molecule has 0 atom stereocenters. The van der Waals surface area contributed by atoms with Crippen LogP contribution < -0.4 is 0 Å². The Hall–Kier alpha value is -1.59. The van der Waals surface area contributed by atoms with E-state index in [0.29, 0.717) is 41.5 Å². The lowest BCUT2D eigenvalue weighted by molar-refractivity contribution is 0.0500. The minimum absolute atomic E-state index is 0.171. The molecule has 0 unspecified atom stereocenters. The number of fused-ring (bicyclic) bond motifs is 1. The highest BCUT2D eigenvalue weighted by Gasteiger charge is 2.37. The van der Waals surface area contributed by atoms with E-state index < -0.39 is 10.0 Å². The van der Waals surface area contributed by atoms with Gasteiger partial charge in [-0.25, -0.2) is 8.42 Å². The number of imide groups is 1. The van der Waals surface area contributed by atoms with Gasteiger partial charge in [0, 0.05) is 26.2 Å². The molecule has 4 rings (SSSR count). The summed E-state index contributed by atoms with van der Waals surface area (Å²) in [5.41, 5.74) is 0.846. The summed E-state index contributed by atoms with van der Waals surface area (Å²) in [4.78, 5) is 28.1. The lowest BCUT2D eigenvalue weighted by atomic mass is 10.1. The van der Waals surface area contributed by atoms with Crippen molar-refractivity contribution in [3.63, 3.8) is 0 Å². The maximum Gasteiger partial charge on any atom is 0.262 e. The highest BCUT2D eigenvalue weighted by Crippen LogP contribution is 2.29. The second-order valence-electron chi connectivity index (χ2n) is 6.31. The van der Waals surface area contributed by atoms with E-state index in [0.717, 1.165) is 3.79 Å². The molecule has 7 nitrogen and oxygen atoms in total. The Morgan fingerprint density at radius 1 is 0.926 bits per heavy atom. The van der Waals surface area contributed by atoms with Crippen molar-refractivity contribution in [1.82, 2.24) is 14.1 Å². The number of benzene rings is 1. The number of rotatable bonds is 4. The van der Waals surface area contributed by atoms with Crippen molar-refractivity contribution >= 4 is 49.1 Å². The molecule has 27 heavy (non-hydrogen) atoms. The van der Waals surface area contributed by atoms with Crippen molar-refractivity contribution in [1.29, 1.82) is 0 Å². The van der Waals surface area contributed by atoms with Crippen molar-refractivity contribution in [2.75, 3.05) is 32.8 Å². The first-order valence-electron chi connectivity index (χ1n) is 8.31. The first-order chi connectivity index (χ1) is 12.9. The summed E-state index contributed by atoms with van der Waals surface area (Å²) in [5, 5.41) is 0. The number of hydrogen-bond donors (Lipinski definition) is 0. The molecule has 0 N–H and O–H groups in total. The molecule has 1 aromatic heterocycles. The van der Waals surface area contributed by atoms with E-state index in [-0.39, 0.29) is 18.5 Å². The van der Waals surface area contributed by atoms with E-state index in [1.807, 2.05) is 4.90 Å². The van der Waals surface area contributed by atoms with E-state index in [2.05, 4.69) is 15.9 Å². The van der Waals surface area contributed by atoms with E-state index in [9.17, 15) is 18.0 Å². The number of halogens is 1. The van der Waals surface area contributed by atoms with Crippen LogP contribution in [0.3, 0.4) is 0 Å². The number of piperazine rings is 1. The normalized spacial score (nSPS) is 18.9. The Morgan fingerprint density at radius 2 is 1.52 bits per heavy atom. The van der Waals surface area contributed by atoms with Crippen molar-refractivity contribution in [3.05, 3.63) is 51.3 Å². The molecule has 0 bridgehead atoms. The Morgan fingerprint density at radius 3 is 2.04 bits per heavy atom. The fourth-order valence-electron chi connectivity index (χ4n) is 3.24. The van der Waals surface area contributed by atoms with Gasteiger partial charge in [-0.05, 0) is 40.2 Å². The fraction of sp³-hybridized carbons (Fsp3) is 0.294. The van der Waals surface area contributed by atoms with Gasteiger partial charge in [0.2, 0.25) is 0 Å². The number of amides is 2. The van der Waals surface area contributed by atoms with E-state index in [1.54, 1.807) is 36.4 Å². The number of sulfonamides is 1. The number of carbonyl (C=O) groups excluding carboxylic acids is 2. The molecule has 2 aromatic rings. The molecule has 3 heterocycles. The van der Waals surface area contributed by atoms with E-state index in [1.165, 1.54) is 20.5 Å². The number of carbonyl (C=O) groups is 2.